The first kappa shape index (κ1) is 16.6. The molecule has 3 heterocycles. The van der Waals surface area contributed by atoms with Crippen LogP contribution in [0, 0.1) is 0 Å². The molecule has 0 radical (unpaired) electrons. The van der Waals surface area contributed by atoms with Crippen molar-refractivity contribution in [3.05, 3.63) is 54.2 Å². The third-order valence-corrected chi connectivity index (χ3v) is 4.91. The van der Waals surface area contributed by atoms with E-state index in [2.05, 4.69) is 10.3 Å². The Labute approximate surface area is 161 Å². The molecule has 0 unspecified atom stereocenters. The number of aromatic amines is 1. The van der Waals surface area contributed by atoms with Crippen molar-refractivity contribution < 1.29 is 14.3 Å². The lowest BCUT2D eigenvalue weighted by Gasteiger charge is -2.09. The molecule has 5 rings (SSSR count). The first-order chi connectivity index (χ1) is 13.7. The van der Waals surface area contributed by atoms with E-state index in [0.717, 1.165) is 33.8 Å². The fraction of sp³-hybridized carbons (Fsp3) is 0.182. The van der Waals surface area contributed by atoms with Gasteiger partial charge in [-0.15, -0.1) is 0 Å². The van der Waals surface area contributed by atoms with Crippen LogP contribution in [0.25, 0.3) is 33.1 Å². The Kier molecular flexibility index (Phi) is 3.90. The molecule has 2 aromatic carbocycles. The van der Waals surface area contributed by atoms with Crippen LogP contribution in [-0.4, -0.2) is 29.2 Å². The normalized spacial score (nSPS) is 12.6. The minimum atomic E-state index is -0.170. The summed E-state index contributed by atoms with van der Waals surface area (Å²) in [6, 6.07) is 15.6. The van der Waals surface area contributed by atoms with Crippen molar-refractivity contribution in [3.8, 4) is 22.8 Å². The Morgan fingerprint density at radius 1 is 1.11 bits per heavy atom. The Bertz CT molecular complexity index is 1210. The fourth-order valence-corrected chi connectivity index (χ4v) is 3.54. The second kappa shape index (κ2) is 6.56. The molecule has 6 nitrogen and oxygen atoms in total. The standard InChI is InChI=1S/C22H19N3O3/c1-2-9-23-22(26)17-11-15-14-5-3-4-6-16(14)24-21(15)20(25-17)13-7-8-18-19(10-13)28-12-27-18/h3-8,10-11,24H,2,9,12H2,1H3,(H,23,26). The molecule has 28 heavy (non-hydrogen) atoms. The third kappa shape index (κ3) is 2.65. The van der Waals surface area contributed by atoms with Crippen LogP contribution in [0.4, 0.5) is 0 Å². The number of nitrogens with zero attached hydrogens (tertiary/aromatic N) is 1. The number of carbonyl (C=O) groups excluding carboxylic acids is 1. The number of para-hydroxylation sites is 1. The predicted molar refractivity (Wildman–Crippen MR) is 108 cm³/mol. The smallest absolute Gasteiger partial charge is 0.269 e. The van der Waals surface area contributed by atoms with Gasteiger partial charge in [-0.05, 0) is 36.8 Å². The van der Waals surface area contributed by atoms with Gasteiger partial charge in [0.1, 0.15) is 5.69 Å². The highest BCUT2D eigenvalue weighted by molar-refractivity contribution is 6.13. The number of aromatic nitrogens is 2. The minimum Gasteiger partial charge on any atom is -0.454 e. The van der Waals surface area contributed by atoms with Crippen LogP contribution in [0.15, 0.2) is 48.5 Å². The summed E-state index contributed by atoms with van der Waals surface area (Å²) in [5.74, 6) is 1.23. The number of fused-ring (bicyclic) bond motifs is 4. The van der Waals surface area contributed by atoms with Gasteiger partial charge in [0.05, 0.1) is 11.2 Å². The van der Waals surface area contributed by atoms with E-state index in [1.807, 2.05) is 55.5 Å². The molecule has 0 atom stereocenters. The fourth-order valence-electron chi connectivity index (χ4n) is 3.54. The van der Waals surface area contributed by atoms with Gasteiger partial charge in [0.15, 0.2) is 11.5 Å². The topological polar surface area (TPSA) is 76.2 Å². The molecule has 0 saturated carbocycles. The van der Waals surface area contributed by atoms with Crippen LogP contribution in [0.3, 0.4) is 0 Å². The lowest BCUT2D eigenvalue weighted by molar-refractivity contribution is 0.0949. The number of nitrogens with one attached hydrogen (secondary N) is 2. The van der Waals surface area contributed by atoms with E-state index in [9.17, 15) is 4.79 Å². The van der Waals surface area contributed by atoms with E-state index in [-0.39, 0.29) is 12.7 Å². The summed E-state index contributed by atoms with van der Waals surface area (Å²) >= 11 is 0. The Balaban J connectivity index is 1.75. The van der Waals surface area contributed by atoms with E-state index in [0.29, 0.717) is 29.4 Å². The summed E-state index contributed by atoms with van der Waals surface area (Å²) in [5.41, 5.74) is 3.89. The molecule has 0 aliphatic carbocycles. The second-order valence-corrected chi connectivity index (χ2v) is 6.77. The van der Waals surface area contributed by atoms with E-state index >= 15 is 0 Å². The number of amides is 1. The maximum atomic E-state index is 12.6. The number of hydrogen-bond donors (Lipinski definition) is 2. The Morgan fingerprint density at radius 3 is 2.86 bits per heavy atom. The van der Waals surface area contributed by atoms with Gasteiger partial charge >= 0.3 is 0 Å². The summed E-state index contributed by atoms with van der Waals surface area (Å²) in [4.78, 5) is 20.8. The quantitative estimate of drug-likeness (QED) is 0.561. The van der Waals surface area contributed by atoms with Gasteiger partial charge in [-0.2, -0.15) is 0 Å². The lowest BCUT2D eigenvalue weighted by atomic mass is 10.1. The van der Waals surface area contributed by atoms with Crippen LogP contribution in [0.5, 0.6) is 11.5 Å². The molecule has 6 heteroatoms. The summed E-state index contributed by atoms with van der Waals surface area (Å²) in [6.45, 7) is 2.86. The summed E-state index contributed by atoms with van der Waals surface area (Å²) in [5, 5.41) is 4.95. The summed E-state index contributed by atoms with van der Waals surface area (Å²) < 4.78 is 10.9. The molecule has 0 saturated heterocycles. The molecule has 1 aliphatic heterocycles. The van der Waals surface area contributed by atoms with Crippen molar-refractivity contribution in [2.24, 2.45) is 0 Å². The van der Waals surface area contributed by atoms with Crippen LogP contribution in [0.2, 0.25) is 0 Å². The molecule has 1 amide bonds. The maximum Gasteiger partial charge on any atom is 0.269 e. The zero-order chi connectivity index (χ0) is 19.1. The number of carbonyl (C=O) groups is 1. The van der Waals surface area contributed by atoms with Gasteiger partial charge in [0.2, 0.25) is 6.79 Å². The van der Waals surface area contributed by atoms with E-state index < -0.39 is 0 Å². The predicted octanol–water partition coefficient (Wildman–Crippen LogP) is 4.25. The first-order valence-electron chi connectivity index (χ1n) is 9.34. The Morgan fingerprint density at radius 2 is 1.96 bits per heavy atom. The van der Waals surface area contributed by atoms with Gasteiger partial charge in [-0.25, -0.2) is 4.98 Å². The monoisotopic (exact) mass is 373 g/mol. The van der Waals surface area contributed by atoms with Crippen molar-refractivity contribution in [2.75, 3.05) is 13.3 Å². The zero-order valence-corrected chi connectivity index (χ0v) is 15.4. The van der Waals surface area contributed by atoms with Crippen LogP contribution >= 0.6 is 0 Å². The summed E-state index contributed by atoms with van der Waals surface area (Å²) in [7, 11) is 0. The van der Waals surface area contributed by atoms with Gasteiger partial charge in [0.25, 0.3) is 5.91 Å². The number of benzene rings is 2. The average Bonchev–Trinajstić information content (AvgIpc) is 3.35. The molecular formula is C22H19N3O3. The third-order valence-electron chi connectivity index (χ3n) is 4.91. The van der Waals surface area contributed by atoms with Crippen molar-refractivity contribution in [3.63, 3.8) is 0 Å². The number of pyridine rings is 1. The Hall–Kier alpha value is -3.54. The number of ether oxygens (including phenoxy) is 2. The highest BCUT2D eigenvalue weighted by Crippen LogP contribution is 2.38. The lowest BCUT2D eigenvalue weighted by Crippen LogP contribution is -2.25. The van der Waals surface area contributed by atoms with Gasteiger partial charge in [-0.3, -0.25) is 4.79 Å². The first-order valence-corrected chi connectivity index (χ1v) is 9.34. The molecule has 1 aliphatic rings. The van der Waals surface area contributed by atoms with Gasteiger partial charge in [-0.1, -0.05) is 25.1 Å². The minimum absolute atomic E-state index is 0.170. The SMILES string of the molecule is CCCNC(=O)c1cc2c([nH]c3ccccc32)c(-c2ccc3c(c2)OCO3)n1. The number of H-pyrrole nitrogens is 1. The maximum absolute atomic E-state index is 12.6. The van der Waals surface area contributed by atoms with E-state index in [1.165, 1.54) is 0 Å². The van der Waals surface area contributed by atoms with Crippen molar-refractivity contribution in [1.82, 2.24) is 15.3 Å². The number of rotatable bonds is 4. The second-order valence-electron chi connectivity index (χ2n) is 6.77. The highest BCUT2D eigenvalue weighted by atomic mass is 16.7. The zero-order valence-electron chi connectivity index (χ0n) is 15.4. The molecular weight excluding hydrogens is 354 g/mol. The largest absolute Gasteiger partial charge is 0.454 e. The van der Waals surface area contributed by atoms with Crippen LogP contribution in [0.1, 0.15) is 23.8 Å². The highest BCUT2D eigenvalue weighted by Gasteiger charge is 2.19. The van der Waals surface area contributed by atoms with Crippen LogP contribution in [-0.2, 0) is 0 Å². The van der Waals surface area contributed by atoms with Crippen molar-refractivity contribution in [2.45, 2.75) is 13.3 Å². The van der Waals surface area contributed by atoms with Gasteiger partial charge in [0, 0.05) is 28.4 Å². The van der Waals surface area contributed by atoms with Crippen LogP contribution < -0.4 is 14.8 Å². The molecule has 2 N–H and O–H groups in total. The molecule has 0 fully saturated rings. The molecule has 0 spiro atoms. The molecule has 0 bridgehead atoms. The van der Waals surface area contributed by atoms with Crippen molar-refractivity contribution in [1.29, 1.82) is 0 Å². The van der Waals surface area contributed by atoms with Gasteiger partial charge < -0.3 is 19.8 Å². The number of hydrogen-bond acceptors (Lipinski definition) is 4. The average molecular weight is 373 g/mol. The van der Waals surface area contributed by atoms with Crippen molar-refractivity contribution >= 4 is 27.7 Å². The molecule has 4 aromatic rings. The molecule has 2 aromatic heterocycles. The molecule has 140 valence electrons. The van der Waals surface area contributed by atoms with E-state index in [1.54, 1.807) is 0 Å². The van der Waals surface area contributed by atoms with E-state index in [4.69, 9.17) is 14.5 Å². The summed E-state index contributed by atoms with van der Waals surface area (Å²) in [6.07, 6.45) is 0.871.